The number of methoxy groups -OCH3 is 1. The molecular formula is C15H20N2O5. The van der Waals surface area contributed by atoms with E-state index in [1.54, 1.807) is 12.1 Å². The van der Waals surface area contributed by atoms with Crippen LogP contribution < -0.4 is 5.32 Å². The molecule has 1 N–H and O–H groups in total. The molecule has 22 heavy (non-hydrogen) atoms. The maximum Gasteiger partial charge on any atom is 0.357 e. The lowest BCUT2D eigenvalue weighted by molar-refractivity contribution is -0.145. The second-order valence-corrected chi connectivity index (χ2v) is 5.06. The van der Waals surface area contributed by atoms with Crippen molar-refractivity contribution in [2.45, 2.75) is 26.3 Å². The molecule has 0 fully saturated rings. The number of aromatic nitrogens is 1. The van der Waals surface area contributed by atoms with Gasteiger partial charge in [0.1, 0.15) is 11.7 Å². The normalized spacial score (nSPS) is 11.6. The molecule has 1 atom stereocenters. The number of carbonyl (C=O) groups is 3. The predicted molar refractivity (Wildman–Crippen MR) is 77.9 cm³/mol. The van der Waals surface area contributed by atoms with Gasteiger partial charge in [0.05, 0.1) is 7.11 Å². The topological polar surface area (TPSA) is 94.6 Å². The van der Waals surface area contributed by atoms with Crippen molar-refractivity contribution < 1.29 is 23.9 Å². The van der Waals surface area contributed by atoms with E-state index in [2.05, 4.69) is 15.0 Å². The van der Waals surface area contributed by atoms with Crippen molar-refractivity contribution in [2.75, 3.05) is 13.7 Å². The molecule has 1 aromatic heterocycles. The molecule has 0 aliphatic rings. The van der Waals surface area contributed by atoms with Crippen LogP contribution in [0.15, 0.2) is 24.4 Å². The van der Waals surface area contributed by atoms with Crippen molar-refractivity contribution in [3.05, 3.63) is 30.1 Å². The van der Waals surface area contributed by atoms with E-state index in [0.29, 0.717) is 6.42 Å². The summed E-state index contributed by atoms with van der Waals surface area (Å²) in [5.74, 6) is -1.60. The highest BCUT2D eigenvalue weighted by Gasteiger charge is 2.23. The fraction of sp³-hybridized carbons (Fsp3) is 0.467. The lowest BCUT2D eigenvalue weighted by Crippen LogP contribution is -2.44. The third-order valence-electron chi connectivity index (χ3n) is 2.74. The standard InChI is InChI=1S/C15H20N2O5/c1-10(2)8-12(14(19)21-3)17-13(18)9-22-15(20)11-6-4-5-7-16-11/h4-7,10,12H,8-9H2,1-3H3,(H,17,18)/t12-/m0/s1. The van der Waals surface area contributed by atoms with Crippen LogP contribution in [0.2, 0.25) is 0 Å². The van der Waals surface area contributed by atoms with Crippen LogP contribution in [0.3, 0.4) is 0 Å². The monoisotopic (exact) mass is 308 g/mol. The van der Waals surface area contributed by atoms with Gasteiger partial charge in [0, 0.05) is 6.20 Å². The third kappa shape index (κ3) is 5.90. The summed E-state index contributed by atoms with van der Waals surface area (Å²) in [5.41, 5.74) is 0.113. The van der Waals surface area contributed by atoms with Gasteiger partial charge in [0.2, 0.25) is 0 Å². The average molecular weight is 308 g/mol. The fourth-order valence-corrected chi connectivity index (χ4v) is 1.75. The Kier molecular flexibility index (Phi) is 7.01. The van der Waals surface area contributed by atoms with E-state index in [1.165, 1.54) is 19.4 Å². The molecule has 0 bridgehead atoms. The van der Waals surface area contributed by atoms with Crippen LogP contribution in [-0.2, 0) is 19.1 Å². The Morgan fingerprint density at radius 1 is 1.27 bits per heavy atom. The Balaban J connectivity index is 2.50. The molecule has 120 valence electrons. The Hall–Kier alpha value is -2.44. The van der Waals surface area contributed by atoms with Gasteiger partial charge in [-0.25, -0.2) is 14.6 Å². The van der Waals surface area contributed by atoms with Crippen LogP contribution in [0.1, 0.15) is 30.8 Å². The van der Waals surface area contributed by atoms with E-state index in [4.69, 9.17) is 4.74 Å². The average Bonchev–Trinajstić information content (AvgIpc) is 2.51. The molecule has 0 aliphatic heterocycles. The molecular weight excluding hydrogens is 288 g/mol. The van der Waals surface area contributed by atoms with Crippen LogP contribution in [0.5, 0.6) is 0 Å². The Morgan fingerprint density at radius 3 is 2.55 bits per heavy atom. The number of carbonyl (C=O) groups excluding carboxylic acids is 3. The van der Waals surface area contributed by atoms with E-state index in [1.807, 2.05) is 13.8 Å². The zero-order valence-electron chi connectivity index (χ0n) is 12.9. The van der Waals surface area contributed by atoms with Gasteiger partial charge in [-0.2, -0.15) is 0 Å². The summed E-state index contributed by atoms with van der Waals surface area (Å²) in [6.45, 7) is 3.35. The quantitative estimate of drug-likeness (QED) is 0.753. The summed E-state index contributed by atoms with van der Waals surface area (Å²) in [6.07, 6.45) is 1.89. The van der Waals surface area contributed by atoms with E-state index in [9.17, 15) is 14.4 Å². The first-order chi connectivity index (χ1) is 10.4. The van der Waals surface area contributed by atoms with Crippen molar-refractivity contribution >= 4 is 17.8 Å². The van der Waals surface area contributed by atoms with Crippen molar-refractivity contribution in [2.24, 2.45) is 5.92 Å². The molecule has 0 saturated carbocycles. The van der Waals surface area contributed by atoms with Gasteiger partial charge >= 0.3 is 11.9 Å². The molecule has 1 amide bonds. The van der Waals surface area contributed by atoms with Gasteiger partial charge < -0.3 is 14.8 Å². The Labute approximate surface area is 129 Å². The number of nitrogens with zero attached hydrogens (tertiary/aromatic N) is 1. The number of amides is 1. The maximum atomic E-state index is 11.8. The number of hydrogen-bond donors (Lipinski definition) is 1. The summed E-state index contributed by atoms with van der Waals surface area (Å²) in [5, 5.41) is 2.49. The SMILES string of the molecule is COC(=O)[C@H](CC(C)C)NC(=O)COC(=O)c1ccccn1. The largest absolute Gasteiger partial charge is 0.467 e. The van der Waals surface area contributed by atoms with Crippen molar-refractivity contribution in [1.82, 2.24) is 10.3 Å². The molecule has 1 rings (SSSR count). The summed E-state index contributed by atoms with van der Waals surface area (Å²) in [6, 6.07) is 4.03. The second kappa shape index (κ2) is 8.76. The second-order valence-electron chi connectivity index (χ2n) is 5.06. The van der Waals surface area contributed by atoms with E-state index in [0.717, 1.165) is 0 Å². The van der Waals surface area contributed by atoms with Gasteiger partial charge in [0.25, 0.3) is 5.91 Å². The molecule has 0 unspecified atom stereocenters. The molecule has 1 aromatic rings. The van der Waals surface area contributed by atoms with Gasteiger partial charge in [0.15, 0.2) is 6.61 Å². The Bertz CT molecular complexity index is 516. The molecule has 7 nitrogen and oxygen atoms in total. The third-order valence-corrected chi connectivity index (χ3v) is 2.74. The summed E-state index contributed by atoms with van der Waals surface area (Å²) in [4.78, 5) is 38.8. The van der Waals surface area contributed by atoms with E-state index < -0.39 is 30.5 Å². The minimum Gasteiger partial charge on any atom is -0.467 e. The van der Waals surface area contributed by atoms with E-state index >= 15 is 0 Å². The number of pyridine rings is 1. The summed E-state index contributed by atoms with van der Waals surface area (Å²) < 4.78 is 9.48. The summed E-state index contributed by atoms with van der Waals surface area (Å²) >= 11 is 0. The number of hydrogen-bond acceptors (Lipinski definition) is 6. The van der Waals surface area contributed by atoms with Gasteiger partial charge in [-0.1, -0.05) is 19.9 Å². The first kappa shape index (κ1) is 17.6. The molecule has 0 radical (unpaired) electrons. The number of esters is 2. The summed E-state index contributed by atoms with van der Waals surface area (Å²) in [7, 11) is 1.25. The van der Waals surface area contributed by atoms with Crippen LogP contribution in [-0.4, -0.2) is 42.6 Å². The van der Waals surface area contributed by atoms with Crippen molar-refractivity contribution in [1.29, 1.82) is 0 Å². The van der Waals surface area contributed by atoms with Gasteiger partial charge in [-0.3, -0.25) is 4.79 Å². The Morgan fingerprint density at radius 2 is 2.00 bits per heavy atom. The van der Waals surface area contributed by atoms with Crippen molar-refractivity contribution in [3.8, 4) is 0 Å². The predicted octanol–water partition coefficient (Wildman–Crippen LogP) is 0.942. The van der Waals surface area contributed by atoms with E-state index in [-0.39, 0.29) is 11.6 Å². The minimum absolute atomic E-state index is 0.113. The highest BCUT2D eigenvalue weighted by Crippen LogP contribution is 2.06. The van der Waals surface area contributed by atoms with Crippen LogP contribution in [0.25, 0.3) is 0 Å². The fourth-order valence-electron chi connectivity index (χ4n) is 1.75. The molecule has 0 saturated heterocycles. The number of ether oxygens (including phenoxy) is 2. The molecule has 7 heteroatoms. The smallest absolute Gasteiger partial charge is 0.357 e. The molecule has 0 aliphatic carbocycles. The first-order valence-corrected chi connectivity index (χ1v) is 6.89. The number of rotatable bonds is 7. The maximum absolute atomic E-state index is 11.8. The lowest BCUT2D eigenvalue weighted by Gasteiger charge is -2.18. The zero-order chi connectivity index (χ0) is 16.5. The number of nitrogens with one attached hydrogen (secondary N) is 1. The lowest BCUT2D eigenvalue weighted by atomic mass is 10.0. The first-order valence-electron chi connectivity index (χ1n) is 6.89. The molecule has 0 aromatic carbocycles. The highest BCUT2D eigenvalue weighted by molar-refractivity contribution is 5.90. The highest BCUT2D eigenvalue weighted by atomic mass is 16.5. The zero-order valence-corrected chi connectivity index (χ0v) is 12.9. The molecule has 0 spiro atoms. The van der Waals surface area contributed by atoms with Gasteiger partial charge in [-0.15, -0.1) is 0 Å². The van der Waals surface area contributed by atoms with Crippen LogP contribution in [0, 0.1) is 5.92 Å². The minimum atomic E-state index is -0.758. The molecule has 1 heterocycles. The van der Waals surface area contributed by atoms with Gasteiger partial charge in [-0.05, 0) is 24.5 Å². The van der Waals surface area contributed by atoms with Crippen molar-refractivity contribution in [3.63, 3.8) is 0 Å². The van der Waals surface area contributed by atoms with Crippen LogP contribution >= 0.6 is 0 Å². The van der Waals surface area contributed by atoms with Crippen LogP contribution in [0.4, 0.5) is 0 Å².